The quantitative estimate of drug-likeness (QED) is 0.674. The predicted octanol–water partition coefficient (Wildman–Crippen LogP) is 4.39. The number of methoxy groups -OCH3 is 1. The maximum Gasteiger partial charge on any atom is 0.387 e. The number of nitrogens with one attached hydrogen (secondary N) is 1. The average Bonchev–Trinajstić information content (AvgIpc) is 3.15. The van der Waals surface area contributed by atoms with Crippen molar-refractivity contribution in [3.63, 3.8) is 0 Å². The molecule has 1 amide bonds. The van der Waals surface area contributed by atoms with Crippen molar-refractivity contribution < 1.29 is 23.0 Å². The molecular weight excluding hydrogens is 380 g/mol. The van der Waals surface area contributed by atoms with Gasteiger partial charge in [0.15, 0.2) is 11.5 Å². The number of carbonyl (C=O) groups is 1. The molecule has 2 aromatic carbocycles. The molecule has 1 heterocycles. The second-order valence-corrected chi connectivity index (χ2v) is 5.71. The lowest BCUT2D eigenvalue weighted by Gasteiger charge is -2.14. The first-order chi connectivity index (χ1) is 13.0. The van der Waals surface area contributed by atoms with Crippen molar-refractivity contribution in [1.82, 2.24) is 9.55 Å². The number of benzene rings is 2. The van der Waals surface area contributed by atoms with E-state index in [4.69, 9.17) is 16.3 Å². The maximum atomic E-state index is 12.7. The summed E-state index contributed by atoms with van der Waals surface area (Å²) in [5.74, 6) is -0.957. The summed E-state index contributed by atoms with van der Waals surface area (Å²) in [5.41, 5.74) is 0.972. The number of imidazole rings is 1. The highest BCUT2D eigenvalue weighted by atomic mass is 35.5. The summed E-state index contributed by atoms with van der Waals surface area (Å²) in [7, 11) is 1.30. The Morgan fingerprint density at radius 3 is 2.74 bits per heavy atom. The van der Waals surface area contributed by atoms with Gasteiger partial charge in [0, 0.05) is 18.1 Å². The number of halogens is 3. The van der Waals surface area contributed by atoms with Crippen LogP contribution in [0.1, 0.15) is 10.4 Å². The smallest absolute Gasteiger partial charge is 0.387 e. The highest BCUT2D eigenvalue weighted by molar-refractivity contribution is 6.32. The fourth-order valence-electron chi connectivity index (χ4n) is 2.46. The molecule has 1 aromatic heterocycles. The molecule has 3 aromatic rings. The van der Waals surface area contributed by atoms with Crippen LogP contribution in [0.2, 0.25) is 5.02 Å². The van der Waals surface area contributed by atoms with Crippen LogP contribution < -0.4 is 14.8 Å². The van der Waals surface area contributed by atoms with Gasteiger partial charge in [0.25, 0.3) is 5.91 Å². The number of aromatic nitrogens is 2. The molecule has 0 atom stereocenters. The molecule has 0 saturated carbocycles. The van der Waals surface area contributed by atoms with Crippen molar-refractivity contribution in [3.8, 4) is 17.2 Å². The Kier molecular flexibility index (Phi) is 5.56. The molecule has 1 N–H and O–H groups in total. The van der Waals surface area contributed by atoms with Crippen molar-refractivity contribution in [2.45, 2.75) is 6.61 Å². The van der Waals surface area contributed by atoms with Gasteiger partial charge in [-0.3, -0.25) is 4.79 Å². The summed E-state index contributed by atoms with van der Waals surface area (Å²) in [6.45, 7) is -3.10. The number of amides is 1. The Balaban J connectivity index is 1.87. The zero-order valence-corrected chi connectivity index (χ0v) is 14.8. The number of ether oxygens (including phenoxy) is 2. The van der Waals surface area contributed by atoms with Crippen LogP contribution in [0.4, 0.5) is 14.5 Å². The van der Waals surface area contributed by atoms with Crippen molar-refractivity contribution in [3.05, 3.63) is 65.7 Å². The minimum absolute atomic E-state index is 0.0245. The summed E-state index contributed by atoms with van der Waals surface area (Å²) in [6.07, 6.45) is 4.92. The first-order valence-electron chi connectivity index (χ1n) is 7.70. The van der Waals surface area contributed by atoms with E-state index in [0.717, 1.165) is 0 Å². The Labute approximate surface area is 158 Å². The van der Waals surface area contributed by atoms with Crippen LogP contribution in [0.3, 0.4) is 0 Å². The zero-order chi connectivity index (χ0) is 19.4. The van der Waals surface area contributed by atoms with Crippen molar-refractivity contribution >= 4 is 23.2 Å². The van der Waals surface area contributed by atoms with Gasteiger partial charge >= 0.3 is 6.61 Å². The first-order valence-corrected chi connectivity index (χ1v) is 8.08. The SMILES string of the molecule is COc1cccc(C(=O)Nc2ccc(-n3ccnc3)c(Cl)c2)c1OC(F)F. The summed E-state index contributed by atoms with van der Waals surface area (Å²) in [5, 5.41) is 2.98. The Morgan fingerprint density at radius 1 is 1.30 bits per heavy atom. The highest BCUT2D eigenvalue weighted by Gasteiger charge is 2.20. The average molecular weight is 394 g/mol. The van der Waals surface area contributed by atoms with Crippen LogP contribution in [0.15, 0.2) is 55.1 Å². The van der Waals surface area contributed by atoms with Gasteiger partial charge in [0.2, 0.25) is 0 Å². The van der Waals surface area contributed by atoms with Gasteiger partial charge in [0.1, 0.15) is 0 Å². The van der Waals surface area contributed by atoms with Gasteiger partial charge in [-0.05, 0) is 30.3 Å². The highest BCUT2D eigenvalue weighted by Crippen LogP contribution is 2.33. The second kappa shape index (κ2) is 8.05. The maximum absolute atomic E-state index is 12.7. The molecule has 0 fully saturated rings. The second-order valence-electron chi connectivity index (χ2n) is 5.31. The van der Waals surface area contributed by atoms with Crippen molar-refractivity contribution in [2.75, 3.05) is 12.4 Å². The summed E-state index contributed by atoms with van der Waals surface area (Å²) < 4.78 is 36.6. The van der Waals surface area contributed by atoms with E-state index in [1.54, 1.807) is 41.5 Å². The van der Waals surface area contributed by atoms with E-state index in [1.807, 2.05) is 0 Å². The zero-order valence-electron chi connectivity index (χ0n) is 14.0. The Hall–Kier alpha value is -3.13. The third kappa shape index (κ3) is 4.17. The van der Waals surface area contributed by atoms with Gasteiger partial charge < -0.3 is 19.4 Å². The summed E-state index contributed by atoms with van der Waals surface area (Å²) in [6, 6.07) is 9.15. The van der Waals surface area contributed by atoms with E-state index in [-0.39, 0.29) is 17.1 Å². The molecule has 0 radical (unpaired) electrons. The fourth-order valence-corrected chi connectivity index (χ4v) is 2.74. The van der Waals surface area contributed by atoms with E-state index in [9.17, 15) is 13.6 Å². The van der Waals surface area contributed by atoms with Crippen molar-refractivity contribution in [2.24, 2.45) is 0 Å². The van der Waals surface area contributed by atoms with Crippen LogP contribution in [-0.2, 0) is 0 Å². The number of carbonyl (C=O) groups excluding carboxylic acids is 1. The minimum atomic E-state index is -3.10. The largest absolute Gasteiger partial charge is 0.493 e. The third-order valence-corrected chi connectivity index (χ3v) is 3.94. The molecule has 0 spiro atoms. The monoisotopic (exact) mass is 393 g/mol. The van der Waals surface area contributed by atoms with Crippen LogP contribution in [0, 0.1) is 0 Å². The lowest BCUT2D eigenvalue weighted by Crippen LogP contribution is -2.15. The van der Waals surface area contributed by atoms with Gasteiger partial charge in [-0.1, -0.05) is 17.7 Å². The molecule has 140 valence electrons. The topological polar surface area (TPSA) is 65.4 Å². The fraction of sp³-hybridized carbons (Fsp3) is 0.111. The molecule has 0 bridgehead atoms. The van der Waals surface area contributed by atoms with E-state index in [1.165, 1.54) is 25.3 Å². The summed E-state index contributed by atoms with van der Waals surface area (Å²) >= 11 is 6.25. The molecule has 6 nitrogen and oxygen atoms in total. The number of para-hydroxylation sites is 1. The van der Waals surface area contributed by atoms with Crippen LogP contribution in [0.5, 0.6) is 11.5 Å². The molecule has 0 saturated heterocycles. The number of hydrogen-bond acceptors (Lipinski definition) is 4. The van der Waals surface area contributed by atoms with Crippen LogP contribution in [0.25, 0.3) is 5.69 Å². The molecule has 3 rings (SSSR count). The van der Waals surface area contributed by atoms with E-state index >= 15 is 0 Å². The van der Waals surface area contributed by atoms with E-state index in [2.05, 4.69) is 15.0 Å². The number of anilines is 1. The van der Waals surface area contributed by atoms with Crippen molar-refractivity contribution in [1.29, 1.82) is 0 Å². The van der Waals surface area contributed by atoms with E-state index < -0.39 is 12.5 Å². The van der Waals surface area contributed by atoms with Gasteiger partial charge in [-0.25, -0.2) is 4.98 Å². The van der Waals surface area contributed by atoms with Crippen LogP contribution in [-0.4, -0.2) is 29.2 Å². The summed E-state index contributed by atoms with van der Waals surface area (Å²) in [4.78, 5) is 16.5. The number of alkyl halides is 2. The third-order valence-electron chi connectivity index (χ3n) is 3.64. The standard InChI is InChI=1S/C18H14ClF2N3O3/c1-26-15-4-2-3-12(16(15)27-18(20)21)17(25)23-11-5-6-14(13(19)9-11)24-8-7-22-10-24/h2-10,18H,1H3,(H,23,25). The molecule has 0 aliphatic carbocycles. The molecule has 27 heavy (non-hydrogen) atoms. The lowest BCUT2D eigenvalue weighted by atomic mass is 10.1. The number of hydrogen-bond donors (Lipinski definition) is 1. The molecule has 9 heteroatoms. The van der Waals surface area contributed by atoms with Gasteiger partial charge in [-0.15, -0.1) is 0 Å². The first kappa shape index (κ1) is 18.7. The molecule has 0 aliphatic heterocycles. The predicted molar refractivity (Wildman–Crippen MR) is 96.2 cm³/mol. The lowest BCUT2D eigenvalue weighted by molar-refractivity contribution is -0.0515. The van der Waals surface area contributed by atoms with Gasteiger partial charge in [-0.2, -0.15) is 8.78 Å². The normalized spacial score (nSPS) is 10.7. The Bertz CT molecular complexity index is 949. The van der Waals surface area contributed by atoms with E-state index in [0.29, 0.717) is 16.4 Å². The van der Waals surface area contributed by atoms with Crippen LogP contribution >= 0.6 is 11.6 Å². The number of nitrogens with zero attached hydrogens (tertiary/aromatic N) is 2. The number of rotatable bonds is 6. The minimum Gasteiger partial charge on any atom is -0.493 e. The molecule has 0 aliphatic rings. The molecular formula is C18H14ClF2N3O3. The molecule has 0 unspecified atom stereocenters. The van der Waals surface area contributed by atoms with Gasteiger partial charge in [0.05, 0.1) is 29.7 Å². The Morgan fingerprint density at radius 2 is 2.11 bits per heavy atom.